The average molecular weight is 332 g/mol. The standard InChI is InChI=1S/C12H14ClN3O4S/c1-8(2)12(3,7-14)15-21(19,20)9-4-5-10(13)11(6-9)16(17)18/h4-6,8,15H,1-3H3/t12-/m1/s1. The van der Waals surface area contributed by atoms with Crippen LogP contribution in [-0.4, -0.2) is 18.9 Å². The van der Waals surface area contributed by atoms with Gasteiger partial charge in [-0.15, -0.1) is 0 Å². The molecule has 1 atom stereocenters. The van der Waals surface area contributed by atoms with E-state index < -0.39 is 26.2 Å². The van der Waals surface area contributed by atoms with Crippen molar-refractivity contribution in [3.8, 4) is 6.07 Å². The van der Waals surface area contributed by atoms with Gasteiger partial charge in [-0.1, -0.05) is 25.4 Å². The summed E-state index contributed by atoms with van der Waals surface area (Å²) in [5.41, 5.74) is -1.84. The predicted molar refractivity (Wildman–Crippen MR) is 77.3 cm³/mol. The molecule has 0 aliphatic carbocycles. The molecule has 9 heteroatoms. The molecule has 21 heavy (non-hydrogen) atoms. The first-order chi connectivity index (χ1) is 9.53. The highest BCUT2D eigenvalue weighted by molar-refractivity contribution is 7.89. The summed E-state index contributed by atoms with van der Waals surface area (Å²) in [7, 11) is -4.08. The maximum Gasteiger partial charge on any atom is 0.289 e. The van der Waals surface area contributed by atoms with Crippen LogP contribution < -0.4 is 4.72 Å². The fourth-order valence-corrected chi connectivity index (χ4v) is 3.07. The zero-order valence-electron chi connectivity index (χ0n) is 11.6. The van der Waals surface area contributed by atoms with Gasteiger partial charge in [0.2, 0.25) is 10.0 Å². The maximum atomic E-state index is 12.3. The minimum Gasteiger partial charge on any atom is -0.258 e. The highest BCUT2D eigenvalue weighted by Crippen LogP contribution is 2.28. The molecule has 114 valence electrons. The highest BCUT2D eigenvalue weighted by atomic mass is 35.5. The number of halogens is 1. The summed E-state index contributed by atoms with van der Waals surface area (Å²) in [5, 5.41) is 19.8. The molecule has 1 aromatic carbocycles. The van der Waals surface area contributed by atoms with E-state index in [-0.39, 0.29) is 15.8 Å². The lowest BCUT2D eigenvalue weighted by molar-refractivity contribution is -0.384. The van der Waals surface area contributed by atoms with Gasteiger partial charge in [0.25, 0.3) is 5.69 Å². The number of hydrogen-bond donors (Lipinski definition) is 1. The Morgan fingerprint density at radius 3 is 2.48 bits per heavy atom. The molecule has 0 aliphatic heterocycles. The van der Waals surface area contributed by atoms with Gasteiger partial charge in [-0.3, -0.25) is 10.1 Å². The molecule has 1 N–H and O–H groups in total. The molecule has 7 nitrogen and oxygen atoms in total. The van der Waals surface area contributed by atoms with Crippen molar-refractivity contribution in [2.75, 3.05) is 0 Å². The number of sulfonamides is 1. The number of nitro groups is 1. The average Bonchev–Trinajstić information content (AvgIpc) is 2.37. The van der Waals surface area contributed by atoms with Gasteiger partial charge in [-0.2, -0.15) is 9.98 Å². The van der Waals surface area contributed by atoms with Crippen molar-refractivity contribution in [2.24, 2.45) is 5.92 Å². The van der Waals surface area contributed by atoms with Crippen LogP contribution in [0.3, 0.4) is 0 Å². The summed E-state index contributed by atoms with van der Waals surface area (Å²) in [4.78, 5) is 9.71. The summed E-state index contributed by atoms with van der Waals surface area (Å²) in [6.45, 7) is 4.83. The quantitative estimate of drug-likeness (QED) is 0.657. The fourth-order valence-electron chi connectivity index (χ4n) is 1.41. The molecule has 0 spiro atoms. The molecule has 0 saturated carbocycles. The zero-order valence-corrected chi connectivity index (χ0v) is 13.2. The number of nitrogens with one attached hydrogen (secondary N) is 1. The van der Waals surface area contributed by atoms with E-state index in [0.717, 1.165) is 18.2 Å². The molecule has 0 aromatic heterocycles. The molecular formula is C12H14ClN3O4S. The number of nitriles is 1. The number of benzene rings is 1. The molecule has 0 heterocycles. The van der Waals surface area contributed by atoms with Crippen LogP contribution in [0.15, 0.2) is 23.1 Å². The van der Waals surface area contributed by atoms with Crippen LogP contribution in [0.1, 0.15) is 20.8 Å². The van der Waals surface area contributed by atoms with Crippen LogP contribution in [-0.2, 0) is 10.0 Å². The highest BCUT2D eigenvalue weighted by Gasteiger charge is 2.34. The first-order valence-corrected chi connectivity index (χ1v) is 7.79. The van der Waals surface area contributed by atoms with Gasteiger partial charge < -0.3 is 0 Å². The van der Waals surface area contributed by atoms with Crippen LogP contribution in [0.2, 0.25) is 5.02 Å². The topological polar surface area (TPSA) is 113 Å². The van der Waals surface area contributed by atoms with E-state index in [0.29, 0.717) is 0 Å². The van der Waals surface area contributed by atoms with Crippen LogP contribution in [0.4, 0.5) is 5.69 Å². The SMILES string of the molecule is CC(C)[C@@](C)(C#N)NS(=O)(=O)c1ccc(Cl)c([N+](=O)[O-])c1. The Balaban J connectivity index is 3.30. The number of hydrogen-bond acceptors (Lipinski definition) is 5. The number of rotatable bonds is 5. The van der Waals surface area contributed by atoms with Crippen LogP contribution in [0.5, 0.6) is 0 Å². The smallest absolute Gasteiger partial charge is 0.258 e. The van der Waals surface area contributed by atoms with Gasteiger partial charge >= 0.3 is 0 Å². The maximum absolute atomic E-state index is 12.3. The number of nitro benzene ring substituents is 1. The second-order valence-electron chi connectivity index (χ2n) is 4.94. The Bertz CT molecular complexity index is 712. The van der Waals surface area contributed by atoms with Crippen molar-refractivity contribution in [1.29, 1.82) is 5.26 Å². The lowest BCUT2D eigenvalue weighted by Gasteiger charge is -2.26. The van der Waals surface area contributed by atoms with E-state index in [1.165, 1.54) is 6.92 Å². The van der Waals surface area contributed by atoms with E-state index in [1.54, 1.807) is 13.8 Å². The Labute approximate surface area is 127 Å². The largest absolute Gasteiger partial charge is 0.289 e. The van der Waals surface area contributed by atoms with Crippen molar-refractivity contribution < 1.29 is 13.3 Å². The van der Waals surface area contributed by atoms with Gasteiger partial charge in [0.1, 0.15) is 10.6 Å². The minimum atomic E-state index is -4.08. The lowest BCUT2D eigenvalue weighted by atomic mass is 9.92. The van der Waals surface area contributed by atoms with Crippen LogP contribution in [0, 0.1) is 27.4 Å². The Morgan fingerprint density at radius 1 is 1.48 bits per heavy atom. The first-order valence-electron chi connectivity index (χ1n) is 5.92. The lowest BCUT2D eigenvalue weighted by Crippen LogP contribution is -2.48. The van der Waals surface area contributed by atoms with E-state index in [1.807, 2.05) is 6.07 Å². The summed E-state index contributed by atoms with van der Waals surface area (Å²) >= 11 is 5.64. The van der Waals surface area contributed by atoms with E-state index >= 15 is 0 Å². The molecular weight excluding hydrogens is 318 g/mol. The Morgan fingerprint density at radius 2 is 2.05 bits per heavy atom. The summed E-state index contributed by atoms with van der Waals surface area (Å²) in [5.74, 6) is -0.292. The molecule has 0 aliphatic rings. The molecule has 0 unspecified atom stereocenters. The second kappa shape index (κ2) is 5.97. The van der Waals surface area contributed by atoms with Crippen molar-refractivity contribution >= 4 is 27.3 Å². The van der Waals surface area contributed by atoms with E-state index in [4.69, 9.17) is 16.9 Å². The summed E-state index contributed by atoms with van der Waals surface area (Å²) in [6.07, 6.45) is 0. The van der Waals surface area contributed by atoms with Crippen LogP contribution >= 0.6 is 11.6 Å². The normalized spacial score (nSPS) is 14.5. The minimum absolute atomic E-state index is 0.161. The predicted octanol–water partition coefficient (Wildman–Crippen LogP) is 2.46. The summed E-state index contributed by atoms with van der Waals surface area (Å²) in [6, 6.07) is 5.05. The zero-order chi connectivity index (χ0) is 16.4. The molecule has 1 rings (SSSR count). The van der Waals surface area contributed by atoms with Gasteiger partial charge in [0, 0.05) is 6.07 Å². The molecule has 0 fully saturated rings. The third kappa shape index (κ3) is 3.69. The van der Waals surface area contributed by atoms with Crippen molar-refractivity contribution in [3.63, 3.8) is 0 Å². The van der Waals surface area contributed by atoms with E-state index in [9.17, 15) is 18.5 Å². The Kier molecular flexibility index (Phi) is 4.94. The van der Waals surface area contributed by atoms with Gasteiger partial charge in [-0.25, -0.2) is 8.42 Å². The molecule has 0 amide bonds. The monoisotopic (exact) mass is 331 g/mol. The second-order valence-corrected chi connectivity index (χ2v) is 7.03. The third-order valence-electron chi connectivity index (χ3n) is 3.16. The van der Waals surface area contributed by atoms with Crippen LogP contribution in [0.25, 0.3) is 0 Å². The third-order valence-corrected chi connectivity index (χ3v) is 5.04. The van der Waals surface area contributed by atoms with Gasteiger partial charge in [0.05, 0.1) is 15.9 Å². The van der Waals surface area contributed by atoms with E-state index in [2.05, 4.69) is 4.72 Å². The van der Waals surface area contributed by atoms with Crippen molar-refractivity contribution in [1.82, 2.24) is 4.72 Å². The van der Waals surface area contributed by atoms with Gasteiger partial charge in [0.15, 0.2) is 0 Å². The molecule has 1 aromatic rings. The molecule has 0 saturated heterocycles. The summed E-state index contributed by atoms with van der Waals surface area (Å²) < 4.78 is 26.8. The van der Waals surface area contributed by atoms with Crippen molar-refractivity contribution in [2.45, 2.75) is 31.2 Å². The molecule has 0 bridgehead atoms. The van der Waals surface area contributed by atoms with Gasteiger partial charge in [-0.05, 0) is 25.0 Å². The fraction of sp³-hybridized carbons (Fsp3) is 0.417. The Hall–Kier alpha value is -1.69. The van der Waals surface area contributed by atoms with Crippen molar-refractivity contribution in [3.05, 3.63) is 33.3 Å². The molecule has 0 radical (unpaired) electrons. The number of nitrogens with zero attached hydrogens (tertiary/aromatic N) is 2. The first kappa shape index (κ1) is 17.4.